The first-order chi connectivity index (χ1) is 7.79. The van der Waals surface area contributed by atoms with E-state index < -0.39 is 0 Å². The van der Waals surface area contributed by atoms with Gasteiger partial charge in [-0.25, -0.2) is 4.98 Å². The van der Waals surface area contributed by atoms with Crippen LogP contribution in [0.1, 0.15) is 12.7 Å². The molecule has 0 radical (unpaired) electrons. The van der Waals surface area contributed by atoms with E-state index in [2.05, 4.69) is 21.8 Å². The number of anilines is 1. The number of aryl methyl sites for hydroxylation is 1. The molecule has 0 atom stereocenters. The summed E-state index contributed by atoms with van der Waals surface area (Å²) in [5, 5.41) is 4.03. The minimum absolute atomic E-state index is 0.710. The highest BCUT2D eigenvalue weighted by molar-refractivity contribution is 6.30. The summed E-state index contributed by atoms with van der Waals surface area (Å²) >= 11 is 5.90. The van der Waals surface area contributed by atoms with Gasteiger partial charge in [-0.05, 0) is 25.1 Å². The maximum Gasteiger partial charge on any atom is 0.128 e. The van der Waals surface area contributed by atoms with E-state index in [1.807, 2.05) is 36.7 Å². The maximum atomic E-state index is 5.90. The zero-order valence-electron chi connectivity index (χ0n) is 9.15. The second-order valence-corrected chi connectivity index (χ2v) is 3.93. The summed E-state index contributed by atoms with van der Waals surface area (Å²) in [6, 6.07) is 7.68. The van der Waals surface area contributed by atoms with Crippen LogP contribution in [0.4, 0.5) is 5.69 Å². The summed E-state index contributed by atoms with van der Waals surface area (Å²) in [5.41, 5.74) is 1.01. The van der Waals surface area contributed by atoms with E-state index in [4.69, 9.17) is 11.6 Å². The van der Waals surface area contributed by atoms with Crippen LogP contribution in [-0.4, -0.2) is 9.55 Å². The van der Waals surface area contributed by atoms with E-state index in [-0.39, 0.29) is 0 Å². The average Bonchev–Trinajstić information content (AvgIpc) is 2.74. The number of nitrogens with one attached hydrogen (secondary N) is 1. The molecule has 0 saturated heterocycles. The third-order valence-corrected chi connectivity index (χ3v) is 2.65. The van der Waals surface area contributed by atoms with E-state index in [0.29, 0.717) is 6.54 Å². The fourth-order valence-electron chi connectivity index (χ4n) is 1.57. The molecule has 0 aliphatic heterocycles. The number of benzene rings is 1. The molecule has 1 N–H and O–H groups in total. The summed E-state index contributed by atoms with van der Waals surface area (Å²) in [6.45, 7) is 3.75. The average molecular weight is 236 g/mol. The molecule has 16 heavy (non-hydrogen) atoms. The van der Waals surface area contributed by atoms with Crippen molar-refractivity contribution in [3.05, 3.63) is 47.5 Å². The number of hydrogen-bond donors (Lipinski definition) is 1. The molecule has 0 aliphatic rings. The van der Waals surface area contributed by atoms with E-state index in [9.17, 15) is 0 Å². The number of rotatable bonds is 4. The molecular formula is C12H14ClN3. The lowest BCUT2D eigenvalue weighted by Crippen LogP contribution is -2.07. The summed E-state index contributed by atoms with van der Waals surface area (Å²) in [4.78, 5) is 4.29. The minimum atomic E-state index is 0.710. The highest BCUT2D eigenvalue weighted by Gasteiger charge is 2.00. The quantitative estimate of drug-likeness (QED) is 0.882. The number of hydrogen-bond acceptors (Lipinski definition) is 2. The van der Waals surface area contributed by atoms with Crippen LogP contribution in [0.5, 0.6) is 0 Å². The van der Waals surface area contributed by atoms with Crippen LogP contribution in [0.25, 0.3) is 0 Å². The van der Waals surface area contributed by atoms with Gasteiger partial charge >= 0.3 is 0 Å². The molecule has 2 aromatic rings. The fraction of sp³-hybridized carbons (Fsp3) is 0.250. The zero-order valence-corrected chi connectivity index (χ0v) is 9.91. The molecule has 0 spiro atoms. The molecule has 1 aromatic carbocycles. The van der Waals surface area contributed by atoms with Gasteiger partial charge in [0.25, 0.3) is 0 Å². The van der Waals surface area contributed by atoms with Crippen molar-refractivity contribution in [3.63, 3.8) is 0 Å². The molecule has 0 fully saturated rings. The summed E-state index contributed by atoms with van der Waals surface area (Å²) < 4.78 is 2.11. The molecule has 0 saturated carbocycles. The standard InChI is InChI=1S/C12H14ClN3/c1-2-16-7-6-14-12(16)9-15-11-5-3-4-10(13)8-11/h3-8,15H,2,9H2,1H3. The van der Waals surface area contributed by atoms with E-state index >= 15 is 0 Å². The monoisotopic (exact) mass is 235 g/mol. The fourth-order valence-corrected chi connectivity index (χ4v) is 1.77. The van der Waals surface area contributed by atoms with Crippen LogP contribution >= 0.6 is 11.6 Å². The topological polar surface area (TPSA) is 29.9 Å². The van der Waals surface area contributed by atoms with Crippen molar-refractivity contribution in [2.24, 2.45) is 0 Å². The van der Waals surface area contributed by atoms with E-state index in [1.165, 1.54) is 0 Å². The van der Waals surface area contributed by atoms with Crippen LogP contribution in [-0.2, 0) is 13.1 Å². The minimum Gasteiger partial charge on any atom is -0.378 e. The highest BCUT2D eigenvalue weighted by Crippen LogP contribution is 2.15. The Labute approximate surface area is 100 Å². The Bertz CT molecular complexity index is 465. The first-order valence-corrected chi connectivity index (χ1v) is 5.67. The van der Waals surface area contributed by atoms with Gasteiger partial charge in [-0.1, -0.05) is 17.7 Å². The summed E-state index contributed by atoms with van der Waals surface area (Å²) in [7, 11) is 0. The predicted molar refractivity (Wildman–Crippen MR) is 66.7 cm³/mol. The molecule has 0 bridgehead atoms. The third kappa shape index (κ3) is 2.55. The lowest BCUT2D eigenvalue weighted by molar-refractivity contribution is 0.708. The van der Waals surface area contributed by atoms with Gasteiger partial charge in [0.2, 0.25) is 0 Å². The van der Waals surface area contributed by atoms with Crippen LogP contribution in [0.3, 0.4) is 0 Å². The second-order valence-electron chi connectivity index (χ2n) is 3.49. The Hall–Kier alpha value is -1.48. The Morgan fingerprint density at radius 2 is 2.31 bits per heavy atom. The van der Waals surface area contributed by atoms with Crippen LogP contribution in [0.15, 0.2) is 36.7 Å². The molecule has 2 rings (SSSR count). The molecule has 3 nitrogen and oxygen atoms in total. The molecule has 1 aromatic heterocycles. The van der Waals surface area contributed by atoms with Crippen molar-refractivity contribution >= 4 is 17.3 Å². The molecule has 84 valence electrons. The van der Waals surface area contributed by atoms with Crippen molar-refractivity contribution in [1.82, 2.24) is 9.55 Å². The number of halogens is 1. The van der Waals surface area contributed by atoms with Crippen molar-refractivity contribution in [3.8, 4) is 0 Å². The van der Waals surface area contributed by atoms with Crippen LogP contribution in [0.2, 0.25) is 5.02 Å². The SMILES string of the molecule is CCn1ccnc1CNc1cccc(Cl)c1. The molecule has 4 heteroatoms. The molecule has 0 aliphatic carbocycles. The van der Waals surface area contributed by atoms with Gasteiger partial charge in [0, 0.05) is 29.6 Å². The highest BCUT2D eigenvalue weighted by atomic mass is 35.5. The Morgan fingerprint density at radius 1 is 1.44 bits per heavy atom. The van der Waals surface area contributed by atoms with Crippen molar-refractivity contribution in [1.29, 1.82) is 0 Å². The summed E-state index contributed by atoms with van der Waals surface area (Å²) in [6.07, 6.45) is 3.80. The predicted octanol–water partition coefficient (Wildman–Crippen LogP) is 3.17. The van der Waals surface area contributed by atoms with E-state index in [1.54, 1.807) is 0 Å². The first-order valence-electron chi connectivity index (χ1n) is 5.29. The number of nitrogens with zero attached hydrogens (tertiary/aromatic N) is 2. The summed E-state index contributed by atoms with van der Waals surface area (Å²) in [5.74, 6) is 1.03. The van der Waals surface area contributed by atoms with Gasteiger partial charge in [-0.2, -0.15) is 0 Å². The van der Waals surface area contributed by atoms with Gasteiger partial charge in [-0.3, -0.25) is 0 Å². The van der Waals surface area contributed by atoms with Crippen molar-refractivity contribution in [2.75, 3.05) is 5.32 Å². The molecule has 0 amide bonds. The molecule has 1 heterocycles. The van der Waals surface area contributed by atoms with Gasteiger partial charge in [0.1, 0.15) is 5.82 Å². The largest absolute Gasteiger partial charge is 0.378 e. The number of imidazole rings is 1. The normalized spacial score (nSPS) is 10.4. The van der Waals surface area contributed by atoms with Gasteiger partial charge in [0.15, 0.2) is 0 Å². The van der Waals surface area contributed by atoms with Crippen molar-refractivity contribution < 1.29 is 0 Å². The number of aromatic nitrogens is 2. The van der Waals surface area contributed by atoms with Crippen molar-refractivity contribution in [2.45, 2.75) is 20.0 Å². The zero-order chi connectivity index (χ0) is 11.4. The Morgan fingerprint density at radius 3 is 3.06 bits per heavy atom. The lowest BCUT2D eigenvalue weighted by atomic mass is 10.3. The lowest BCUT2D eigenvalue weighted by Gasteiger charge is -2.08. The molecular weight excluding hydrogens is 222 g/mol. The maximum absolute atomic E-state index is 5.90. The molecule has 0 unspecified atom stereocenters. The first kappa shape index (κ1) is 11.0. The van der Waals surface area contributed by atoms with Crippen LogP contribution in [0, 0.1) is 0 Å². The Kier molecular flexibility index (Phi) is 3.47. The smallest absolute Gasteiger partial charge is 0.128 e. The van der Waals surface area contributed by atoms with Gasteiger partial charge in [0.05, 0.1) is 6.54 Å². The second kappa shape index (κ2) is 5.03. The van der Waals surface area contributed by atoms with Gasteiger partial charge < -0.3 is 9.88 Å². The third-order valence-electron chi connectivity index (χ3n) is 2.42. The van der Waals surface area contributed by atoms with E-state index in [0.717, 1.165) is 23.1 Å². The van der Waals surface area contributed by atoms with Crippen LogP contribution < -0.4 is 5.32 Å². The Balaban J connectivity index is 2.02. The van der Waals surface area contributed by atoms with Gasteiger partial charge in [-0.15, -0.1) is 0 Å².